The highest BCUT2D eigenvalue weighted by Gasteiger charge is 2.52. The molecule has 9 rings (SSSR count). The van der Waals surface area contributed by atoms with E-state index in [1.165, 1.54) is 11.6 Å². The molecular weight excluding hydrogens is 827 g/mol. The van der Waals surface area contributed by atoms with E-state index < -0.39 is 4.92 Å². The molecule has 0 unspecified atom stereocenters. The second-order valence-corrected chi connectivity index (χ2v) is 16.6. The number of fused-ring (bicyclic) bond motifs is 2. The molecule has 16 heteroatoms. The number of hydrogen-bond acceptors (Lipinski definition) is 11. The molecule has 308 valence electrons. The predicted octanol–water partition coefficient (Wildman–Crippen LogP) is 9.28. The molecule has 8 aromatic rings. The van der Waals surface area contributed by atoms with Crippen molar-refractivity contribution in [3.8, 4) is 11.1 Å². The fourth-order valence-corrected chi connectivity index (χ4v) is 7.39. The van der Waals surface area contributed by atoms with Crippen molar-refractivity contribution in [2.45, 2.75) is 79.7 Å². The highest BCUT2D eigenvalue weighted by molar-refractivity contribution is 9.10. The fourth-order valence-electron chi connectivity index (χ4n) is 6.96. The molecular formula is C44H46BBrN8O6. The molecule has 0 spiro atoms. The first-order valence-corrected chi connectivity index (χ1v) is 20.2. The quantitative estimate of drug-likeness (QED) is 0.0699. The Morgan fingerprint density at radius 1 is 0.733 bits per heavy atom. The van der Waals surface area contributed by atoms with Crippen LogP contribution >= 0.6 is 15.9 Å². The van der Waals surface area contributed by atoms with Crippen molar-refractivity contribution in [3.63, 3.8) is 0 Å². The number of anilines is 1. The Morgan fingerprint density at radius 2 is 1.25 bits per heavy atom. The number of imidazole rings is 2. The number of nitrogens with zero attached hydrogens (tertiary/aromatic N) is 7. The average Bonchev–Trinajstić information content (AvgIpc) is 4.01. The van der Waals surface area contributed by atoms with Crippen LogP contribution in [0.2, 0.25) is 0 Å². The maximum absolute atomic E-state index is 11.2. The number of nitro benzene ring substituents is 1. The summed E-state index contributed by atoms with van der Waals surface area (Å²) < 4.78 is 26.8. The minimum Gasteiger partial charge on any atom is -0.399 e. The molecule has 2 N–H and O–H groups in total. The van der Waals surface area contributed by atoms with Crippen molar-refractivity contribution in [1.82, 2.24) is 29.4 Å². The van der Waals surface area contributed by atoms with E-state index >= 15 is 0 Å². The highest BCUT2D eigenvalue weighted by atomic mass is 79.9. The number of nitrogen functional groups attached to an aromatic ring is 1. The van der Waals surface area contributed by atoms with Crippen molar-refractivity contribution >= 4 is 62.0 Å². The van der Waals surface area contributed by atoms with Gasteiger partial charge in [0.2, 0.25) is 0 Å². The molecule has 0 radical (unpaired) electrons. The van der Waals surface area contributed by atoms with Gasteiger partial charge in [0.05, 0.1) is 45.2 Å². The standard InChI is InChI=1S/C19H18N4O.C15H12BrN3O2.C10H16BNO3/c1-12-16(10-21-24-12)15-8-17(20)19-18(9-15)23(13(2)22-19)11-14-6-4-3-5-7-14;1-10-17-15-13(7-12(16)8-14(15)19(20)21)18(10)9-11-5-3-2-4-6-11;1-7-8(6-12-13-7)11-14-9(2,3)10(4,5)15-11/h3-10H,11,20H2,1-2H3;2-8H,9H2,1H3;6H,1-5H3. The summed E-state index contributed by atoms with van der Waals surface area (Å²) >= 11 is 3.33. The van der Waals surface area contributed by atoms with Crippen molar-refractivity contribution in [2.24, 2.45) is 0 Å². The predicted molar refractivity (Wildman–Crippen MR) is 236 cm³/mol. The first-order chi connectivity index (χ1) is 28.5. The molecule has 14 nitrogen and oxygen atoms in total. The number of aromatic nitrogens is 6. The lowest BCUT2D eigenvalue weighted by molar-refractivity contribution is -0.383. The van der Waals surface area contributed by atoms with Gasteiger partial charge in [-0.15, -0.1) is 0 Å². The molecule has 5 heterocycles. The largest absolute Gasteiger partial charge is 0.500 e. The molecule has 1 fully saturated rings. The van der Waals surface area contributed by atoms with Gasteiger partial charge in [0.25, 0.3) is 5.69 Å². The van der Waals surface area contributed by atoms with Gasteiger partial charge in [-0.05, 0) is 90.3 Å². The lowest BCUT2D eigenvalue weighted by Crippen LogP contribution is -2.41. The number of nitro groups is 1. The number of nitrogens with two attached hydrogens (primary N) is 1. The number of rotatable bonds is 7. The first-order valence-electron chi connectivity index (χ1n) is 19.4. The smallest absolute Gasteiger partial charge is 0.399 e. The fraction of sp³-hybridized carbons (Fsp3) is 0.273. The van der Waals surface area contributed by atoms with Crippen LogP contribution in [0.4, 0.5) is 11.4 Å². The van der Waals surface area contributed by atoms with Gasteiger partial charge in [0.1, 0.15) is 28.7 Å². The van der Waals surface area contributed by atoms with Gasteiger partial charge in [-0.2, -0.15) is 0 Å². The van der Waals surface area contributed by atoms with Crippen LogP contribution in [0, 0.1) is 37.8 Å². The van der Waals surface area contributed by atoms with Gasteiger partial charge in [-0.25, -0.2) is 9.97 Å². The molecule has 0 atom stereocenters. The van der Waals surface area contributed by atoms with Crippen LogP contribution in [0.25, 0.3) is 33.2 Å². The lowest BCUT2D eigenvalue weighted by Gasteiger charge is -2.32. The molecule has 1 saturated heterocycles. The second kappa shape index (κ2) is 16.9. The summed E-state index contributed by atoms with van der Waals surface area (Å²) in [6.45, 7) is 17.1. The third kappa shape index (κ3) is 8.62. The molecule has 60 heavy (non-hydrogen) atoms. The summed E-state index contributed by atoms with van der Waals surface area (Å²) in [4.78, 5) is 19.8. The second-order valence-electron chi connectivity index (χ2n) is 15.7. The number of aryl methyl sites for hydroxylation is 4. The summed E-state index contributed by atoms with van der Waals surface area (Å²) in [6, 6.07) is 27.7. The Bertz CT molecular complexity index is 2780. The Hall–Kier alpha value is -6.10. The minimum absolute atomic E-state index is 0.0225. The summed E-state index contributed by atoms with van der Waals surface area (Å²) in [7, 11) is -0.374. The monoisotopic (exact) mass is 872 g/mol. The minimum atomic E-state index is -0.396. The van der Waals surface area contributed by atoms with Gasteiger partial charge in [-0.3, -0.25) is 10.1 Å². The van der Waals surface area contributed by atoms with E-state index in [2.05, 4.69) is 59.0 Å². The van der Waals surface area contributed by atoms with E-state index in [4.69, 9.17) is 24.1 Å². The third-order valence-electron chi connectivity index (χ3n) is 11.0. The first kappa shape index (κ1) is 42.0. The number of non-ortho nitro benzene ring substituents is 1. The summed E-state index contributed by atoms with van der Waals surface area (Å²) in [5.74, 6) is 3.22. The Balaban J connectivity index is 0.000000140. The van der Waals surface area contributed by atoms with Crippen molar-refractivity contribution in [3.05, 3.63) is 146 Å². The van der Waals surface area contributed by atoms with Gasteiger partial charge in [0, 0.05) is 34.7 Å². The molecule has 1 aliphatic heterocycles. The van der Waals surface area contributed by atoms with E-state index in [-0.39, 0.29) is 24.0 Å². The van der Waals surface area contributed by atoms with Crippen molar-refractivity contribution in [2.75, 3.05) is 5.73 Å². The zero-order valence-electron chi connectivity index (χ0n) is 34.8. The van der Waals surface area contributed by atoms with Crippen LogP contribution in [0.15, 0.2) is 111 Å². The van der Waals surface area contributed by atoms with Crippen LogP contribution in [0.1, 0.15) is 62.0 Å². The zero-order chi connectivity index (χ0) is 42.9. The van der Waals surface area contributed by atoms with Crippen LogP contribution in [0.5, 0.6) is 0 Å². The number of hydrogen-bond donors (Lipinski definition) is 1. The normalized spacial score (nSPS) is 14.2. The Labute approximate surface area is 356 Å². The maximum atomic E-state index is 11.2. The molecule has 0 amide bonds. The summed E-state index contributed by atoms with van der Waals surface area (Å²) in [6.07, 6.45) is 3.37. The Kier molecular flexibility index (Phi) is 11.8. The maximum Gasteiger partial charge on any atom is 0.500 e. The van der Waals surface area contributed by atoms with E-state index in [9.17, 15) is 10.1 Å². The molecule has 1 aliphatic rings. The van der Waals surface area contributed by atoms with Crippen LogP contribution in [-0.4, -0.2) is 52.7 Å². The molecule has 4 aromatic carbocycles. The topological polar surface area (TPSA) is 175 Å². The van der Waals surface area contributed by atoms with Crippen LogP contribution in [0.3, 0.4) is 0 Å². The van der Waals surface area contributed by atoms with Gasteiger partial charge >= 0.3 is 7.12 Å². The molecule has 0 aliphatic carbocycles. The molecule has 0 saturated carbocycles. The molecule has 4 aromatic heterocycles. The zero-order valence-corrected chi connectivity index (χ0v) is 36.4. The third-order valence-corrected chi connectivity index (χ3v) is 11.4. The number of benzene rings is 4. The number of halogens is 1. The summed E-state index contributed by atoms with van der Waals surface area (Å²) in [5.41, 5.74) is 14.5. The van der Waals surface area contributed by atoms with E-state index in [1.807, 2.05) is 121 Å². The highest BCUT2D eigenvalue weighted by Crippen LogP contribution is 2.37. The SMILES string of the molecule is Cc1nc2c([N+](=O)[O-])cc(Br)cc2n1Cc1ccccc1.Cc1oncc1-c1cc(N)c2nc(C)n(Cc3ccccc3)c2c1.Cc1oncc1B1OC(C)(C)C(C)(C)O1. The Morgan fingerprint density at radius 3 is 1.75 bits per heavy atom. The lowest BCUT2D eigenvalue weighted by atomic mass is 9.80. The average molecular weight is 874 g/mol. The van der Waals surface area contributed by atoms with Crippen molar-refractivity contribution < 1.29 is 23.3 Å². The molecule has 0 bridgehead atoms. The van der Waals surface area contributed by atoms with Crippen LogP contribution < -0.4 is 11.2 Å². The van der Waals surface area contributed by atoms with Gasteiger partial charge in [0.15, 0.2) is 5.52 Å². The van der Waals surface area contributed by atoms with Crippen molar-refractivity contribution in [1.29, 1.82) is 0 Å². The van der Waals surface area contributed by atoms with Crippen LogP contribution in [-0.2, 0) is 22.4 Å². The van der Waals surface area contributed by atoms with E-state index in [0.717, 1.165) is 68.4 Å². The van der Waals surface area contributed by atoms with Gasteiger partial charge < -0.3 is 33.2 Å². The van der Waals surface area contributed by atoms with E-state index in [1.54, 1.807) is 12.4 Å². The van der Waals surface area contributed by atoms with Gasteiger partial charge in [-0.1, -0.05) is 86.9 Å². The van der Waals surface area contributed by atoms with E-state index in [0.29, 0.717) is 22.2 Å². The summed E-state index contributed by atoms with van der Waals surface area (Å²) in [5, 5.41) is 18.8.